The van der Waals surface area contributed by atoms with Gasteiger partial charge >= 0.3 is 0 Å². The Morgan fingerprint density at radius 1 is 1.35 bits per heavy atom. The van der Waals surface area contributed by atoms with Crippen molar-refractivity contribution in [1.29, 1.82) is 0 Å². The summed E-state index contributed by atoms with van der Waals surface area (Å²) in [6.45, 7) is 5.88. The third-order valence-electron chi connectivity index (χ3n) is 3.27. The molecule has 3 nitrogen and oxygen atoms in total. The lowest BCUT2D eigenvalue weighted by atomic mass is 10.1. The summed E-state index contributed by atoms with van der Waals surface area (Å²) < 4.78 is 5.61. The minimum absolute atomic E-state index is 0.799. The van der Waals surface area contributed by atoms with Gasteiger partial charge < -0.3 is 15.4 Å². The van der Waals surface area contributed by atoms with Gasteiger partial charge in [-0.2, -0.15) is 0 Å². The molecule has 0 unspecified atom stereocenters. The largest absolute Gasteiger partial charge is 0.397 e. The Kier molecular flexibility index (Phi) is 4.26. The molecule has 0 bridgehead atoms. The van der Waals surface area contributed by atoms with Crippen LogP contribution in [-0.2, 0) is 11.2 Å². The SMILES string of the molecule is CCCCOCCN1CCc2cccc(N)c21. The standard InChI is InChI=1S/C14H22N2O/c1-2-3-10-17-11-9-16-8-7-12-5-4-6-13(15)14(12)16/h4-6H,2-3,7-11,15H2,1H3. The maximum Gasteiger partial charge on any atom is 0.0641 e. The normalized spacial score (nSPS) is 14.1. The summed E-state index contributed by atoms with van der Waals surface area (Å²) in [7, 11) is 0. The molecule has 1 aliphatic rings. The van der Waals surface area contributed by atoms with Crippen LogP contribution in [0.5, 0.6) is 0 Å². The summed E-state index contributed by atoms with van der Waals surface area (Å²) in [5.74, 6) is 0. The van der Waals surface area contributed by atoms with Crippen LogP contribution in [0.2, 0.25) is 0 Å². The molecule has 1 aliphatic heterocycles. The lowest BCUT2D eigenvalue weighted by molar-refractivity contribution is 0.137. The maximum absolute atomic E-state index is 6.03. The first-order valence-electron chi connectivity index (χ1n) is 6.53. The second-order valence-corrected chi connectivity index (χ2v) is 4.56. The van der Waals surface area contributed by atoms with Crippen molar-refractivity contribution in [3.63, 3.8) is 0 Å². The monoisotopic (exact) mass is 234 g/mol. The molecule has 0 aromatic heterocycles. The zero-order chi connectivity index (χ0) is 12.1. The van der Waals surface area contributed by atoms with Crippen LogP contribution in [0.25, 0.3) is 0 Å². The van der Waals surface area contributed by atoms with Gasteiger partial charge in [-0.25, -0.2) is 0 Å². The molecule has 94 valence electrons. The number of para-hydroxylation sites is 1. The van der Waals surface area contributed by atoms with Crippen molar-refractivity contribution in [3.8, 4) is 0 Å². The van der Waals surface area contributed by atoms with Gasteiger partial charge in [-0.3, -0.25) is 0 Å². The summed E-state index contributed by atoms with van der Waals surface area (Å²) in [5, 5.41) is 0. The molecule has 2 rings (SSSR count). The van der Waals surface area contributed by atoms with Crippen LogP contribution in [0.4, 0.5) is 11.4 Å². The summed E-state index contributed by atoms with van der Waals surface area (Å²) >= 11 is 0. The van der Waals surface area contributed by atoms with Gasteiger partial charge in [0.2, 0.25) is 0 Å². The molecular weight excluding hydrogens is 212 g/mol. The van der Waals surface area contributed by atoms with Crippen molar-refractivity contribution in [2.75, 3.05) is 36.9 Å². The number of hydrogen-bond donors (Lipinski definition) is 1. The smallest absolute Gasteiger partial charge is 0.0641 e. The third-order valence-corrected chi connectivity index (χ3v) is 3.27. The minimum Gasteiger partial charge on any atom is -0.397 e. The molecule has 2 N–H and O–H groups in total. The molecule has 0 amide bonds. The zero-order valence-corrected chi connectivity index (χ0v) is 10.6. The van der Waals surface area contributed by atoms with Crippen molar-refractivity contribution in [2.24, 2.45) is 0 Å². The highest BCUT2D eigenvalue weighted by atomic mass is 16.5. The van der Waals surface area contributed by atoms with Crippen LogP contribution in [-0.4, -0.2) is 26.3 Å². The molecule has 0 saturated heterocycles. The van der Waals surface area contributed by atoms with E-state index in [0.717, 1.165) is 44.8 Å². The van der Waals surface area contributed by atoms with Crippen molar-refractivity contribution >= 4 is 11.4 Å². The summed E-state index contributed by atoms with van der Waals surface area (Å²) in [4.78, 5) is 2.34. The highest BCUT2D eigenvalue weighted by Gasteiger charge is 2.20. The Bertz CT molecular complexity index is 365. The van der Waals surface area contributed by atoms with E-state index >= 15 is 0 Å². The van der Waals surface area contributed by atoms with E-state index < -0.39 is 0 Å². The fourth-order valence-electron chi connectivity index (χ4n) is 2.31. The Morgan fingerprint density at radius 2 is 2.24 bits per heavy atom. The lowest BCUT2D eigenvalue weighted by Crippen LogP contribution is -2.26. The number of anilines is 2. The van der Waals surface area contributed by atoms with Gasteiger partial charge in [-0.15, -0.1) is 0 Å². The lowest BCUT2D eigenvalue weighted by Gasteiger charge is -2.20. The topological polar surface area (TPSA) is 38.5 Å². The number of benzene rings is 1. The van der Waals surface area contributed by atoms with Crippen molar-refractivity contribution < 1.29 is 4.74 Å². The highest BCUT2D eigenvalue weighted by Crippen LogP contribution is 2.33. The second-order valence-electron chi connectivity index (χ2n) is 4.56. The number of nitrogens with zero attached hydrogens (tertiary/aromatic N) is 1. The molecule has 0 saturated carbocycles. The van der Waals surface area contributed by atoms with E-state index in [1.54, 1.807) is 0 Å². The first kappa shape index (κ1) is 12.2. The predicted molar refractivity (Wildman–Crippen MR) is 72.5 cm³/mol. The molecule has 3 heteroatoms. The molecule has 0 aliphatic carbocycles. The van der Waals surface area contributed by atoms with E-state index in [0.29, 0.717) is 0 Å². The first-order valence-corrected chi connectivity index (χ1v) is 6.53. The van der Waals surface area contributed by atoms with E-state index in [4.69, 9.17) is 10.5 Å². The van der Waals surface area contributed by atoms with Crippen molar-refractivity contribution in [1.82, 2.24) is 0 Å². The number of nitrogen functional groups attached to an aromatic ring is 1. The number of nitrogens with two attached hydrogens (primary N) is 1. The molecule has 17 heavy (non-hydrogen) atoms. The Labute approximate surface area is 104 Å². The van der Waals surface area contributed by atoms with Gasteiger partial charge in [-0.05, 0) is 24.5 Å². The molecule has 1 heterocycles. The fraction of sp³-hybridized carbons (Fsp3) is 0.571. The Balaban J connectivity index is 1.85. The van der Waals surface area contributed by atoms with E-state index in [2.05, 4.69) is 17.9 Å². The predicted octanol–water partition coefficient (Wildman–Crippen LogP) is 2.45. The molecule has 0 fully saturated rings. The van der Waals surface area contributed by atoms with Gasteiger partial charge in [0.25, 0.3) is 0 Å². The van der Waals surface area contributed by atoms with Crippen LogP contribution < -0.4 is 10.6 Å². The van der Waals surface area contributed by atoms with Crippen molar-refractivity contribution in [2.45, 2.75) is 26.2 Å². The van der Waals surface area contributed by atoms with E-state index in [1.807, 2.05) is 12.1 Å². The van der Waals surface area contributed by atoms with Crippen LogP contribution in [0.15, 0.2) is 18.2 Å². The quantitative estimate of drug-likeness (QED) is 0.607. The molecule has 0 spiro atoms. The van der Waals surface area contributed by atoms with Crippen LogP contribution in [0.3, 0.4) is 0 Å². The van der Waals surface area contributed by atoms with Gasteiger partial charge in [-0.1, -0.05) is 25.5 Å². The number of rotatable bonds is 6. The summed E-state index contributed by atoms with van der Waals surface area (Å²) in [6, 6.07) is 6.19. The average Bonchev–Trinajstić information content (AvgIpc) is 2.74. The van der Waals surface area contributed by atoms with Crippen LogP contribution in [0, 0.1) is 0 Å². The number of ether oxygens (including phenoxy) is 1. The molecule has 1 aromatic carbocycles. The summed E-state index contributed by atoms with van der Waals surface area (Å²) in [6.07, 6.45) is 3.45. The maximum atomic E-state index is 6.03. The summed E-state index contributed by atoms with van der Waals surface area (Å²) in [5.41, 5.74) is 9.53. The van der Waals surface area contributed by atoms with Gasteiger partial charge in [0.1, 0.15) is 0 Å². The molecule has 1 aromatic rings. The van der Waals surface area contributed by atoms with E-state index in [-0.39, 0.29) is 0 Å². The van der Waals surface area contributed by atoms with E-state index in [1.165, 1.54) is 17.7 Å². The Hall–Kier alpha value is -1.22. The van der Waals surface area contributed by atoms with E-state index in [9.17, 15) is 0 Å². The van der Waals surface area contributed by atoms with Crippen LogP contribution >= 0.6 is 0 Å². The number of hydrogen-bond acceptors (Lipinski definition) is 3. The Morgan fingerprint density at radius 3 is 3.06 bits per heavy atom. The van der Waals surface area contributed by atoms with Gasteiger partial charge in [0.15, 0.2) is 0 Å². The number of fused-ring (bicyclic) bond motifs is 1. The third kappa shape index (κ3) is 2.91. The first-order chi connectivity index (χ1) is 8.33. The number of unbranched alkanes of at least 4 members (excludes halogenated alkanes) is 1. The van der Waals surface area contributed by atoms with Gasteiger partial charge in [0.05, 0.1) is 18.0 Å². The van der Waals surface area contributed by atoms with Gasteiger partial charge in [0, 0.05) is 19.7 Å². The second kappa shape index (κ2) is 5.92. The minimum atomic E-state index is 0.799. The fourth-order valence-corrected chi connectivity index (χ4v) is 2.31. The van der Waals surface area contributed by atoms with Crippen LogP contribution in [0.1, 0.15) is 25.3 Å². The average molecular weight is 234 g/mol. The van der Waals surface area contributed by atoms with Crippen molar-refractivity contribution in [3.05, 3.63) is 23.8 Å². The zero-order valence-electron chi connectivity index (χ0n) is 10.6. The molecular formula is C14H22N2O. The highest BCUT2D eigenvalue weighted by molar-refractivity contribution is 5.74. The molecule has 0 atom stereocenters. The molecule has 0 radical (unpaired) electrons.